The minimum Gasteiger partial charge on any atom is -0.462 e. The van der Waals surface area contributed by atoms with Crippen molar-refractivity contribution in [3.63, 3.8) is 0 Å². The van der Waals surface area contributed by atoms with Gasteiger partial charge < -0.3 is 33.8 Å². The van der Waals surface area contributed by atoms with Crippen molar-refractivity contribution in [2.75, 3.05) is 39.6 Å². The molecule has 0 bridgehead atoms. The molecule has 19 heteroatoms. The largest absolute Gasteiger partial charge is 0.472 e. The van der Waals surface area contributed by atoms with Gasteiger partial charge in [-0.15, -0.1) is 0 Å². The highest BCUT2D eigenvalue weighted by Crippen LogP contribution is 2.45. The zero-order valence-electron chi connectivity index (χ0n) is 67.6. The Morgan fingerprint density at radius 2 is 0.482 bits per heavy atom. The quantitative estimate of drug-likeness (QED) is 0.0169. The summed E-state index contributed by atoms with van der Waals surface area (Å²) in [7, 11) is -10.0. The van der Waals surface area contributed by atoms with Gasteiger partial charge in [0.15, 0.2) is 12.2 Å². The molecule has 0 heterocycles. The molecule has 0 aliphatic heterocycles. The number of ether oxygens (including phenoxy) is 4. The van der Waals surface area contributed by atoms with Gasteiger partial charge in [-0.3, -0.25) is 37.3 Å². The van der Waals surface area contributed by atoms with Crippen LogP contribution >= 0.6 is 15.6 Å². The molecule has 17 nitrogen and oxygen atoms in total. The maximum atomic E-state index is 13.1. The van der Waals surface area contributed by atoms with Gasteiger partial charge in [0.25, 0.3) is 0 Å². The fourth-order valence-corrected chi connectivity index (χ4v) is 11.5. The number of phosphoric acid groups is 2. The monoisotopic (exact) mass is 1570 g/mol. The molecule has 0 saturated heterocycles. The van der Waals surface area contributed by atoms with Crippen molar-refractivity contribution in [1.29, 1.82) is 0 Å². The van der Waals surface area contributed by atoms with Crippen LogP contribution in [-0.4, -0.2) is 96.7 Å². The molecule has 0 aromatic heterocycles. The van der Waals surface area contributed by atoms with Gasteiger partial charge in [-0.1, -0.05) is 291 Å². The summed E-state index contributed by atoms with van der Waals surface area (Å²) in [5.41, 5.74) is 0. The lowest BCUT2D eigenvalue weighted by Crippen LogP contribution is -2.30. The Hall–Kier alpha value is -6.62. The van der Waals surface area contributed by atoms with E-state index < -0.39 is 97.5 Å². The Balaban J connectivity index is 5.53. The average molecular weight is 1570 g/mol. The van der Waals surface area contributed by atoms with Gasteiger partial charge in [-0.05, 0) is 173 Å². The number of aliphatic hydroxyl groups excluding tert-OH is 1. The lowest BCUT2D eigenvalue weighted by atomic mass is 10.1. The van der Waals surface area contributed by atoms with Crippen LogP contribution in [0.2, 0.25) is 0 Å². The lowest BCUT2D eigenvalue weighted by molar-refractivity contribution is -0.161. The van der Waals surface area contributed by atoms with E-state index in [0.29, 0.717) is 25.7 Å². The van der Waals surface area contributed by atoms with Gasteiger partial charge in [0.1, 0.15) is 19.3 Å². The third-order valence-electron chi connectivity index (χ3n) is 16.0. The maximum Gasteiger partial charge on any atom is 0.472 e. The molecule has 110 heavy (non-hydrogen) atoms. The first-order chi connectivity index (χ1) is 53.7. The summed E-state index contributed by atoms with van der Waals surface area (Å²) in [6.45, 7) is 4.19. The van der Waals surface area contributed by atoms with Crippen molar-refractivity contribution in [3.8, 4) is 0 Å². The first kappa shape index (κ1) is 103. The molecular weight excluding hydrogens is 1430 g/mol. The molecule has 0 aromatic rings. The van der Waals surface area contributed by atoms with Crippen LogP contribution in [0.25, 0.3) is 0 Å². The standard InChI is InChI=1S/C91H142O17P2/c1-5-9-13-17-21-25-29-33-37-40-42-45-48-51-55-59-63-67-71-75-88(93)101-81-86(107-90(95)77-73-69-65-61-57-53-47-36-32-28-24-20-16-12-8-4)83-105-109(97,98)103-79-85(92)80-104-110(99,100)106-84-87(108-91(96)78-74-70-66-62-58-54-50-44-39-35-31-27-23-19-15-11-7-3)82-102-89(94)76-72-68-64-60-56-52-49-46-43-41-38-34-30-26-22-18-14-10-6-2/h9-16,21-28,33-39,42-43,45-47,50,52,54,56-57,61,69,73,85-87,92H,5-8,17-20,29-32,40-41,44,48-49,51,53,55,58-60,62-68,70-72,74-84H2,1-4H3,(H,97,98)(H,99,100)/b13-9-,14-10-,15-11-,16-12-,25-21-,26-22-,27-23-,28-24-,37-33-,38-34-,39-35-,45-42-,46-43-,47-36-,54-50-,56-52-,61-57-,73-69-. The summed E-state index contributed by atoms with van der Waals surface area (Å²) in [5, 5.41) is 10.7. The van der Waals surface area contributed by atoms with Crippen LogP contribution in [0.1, 0.15) is 272 Å². The summed E-state index contributed by atoms with van der Waals surface area (Å²) in [4.78, 5) is 73.1. The number of carbonyl (C=O) groups excluding carboxylic acids is 4. The molecular formula is C91H142O17P2. The van der Waals surface area contributed by atoms with Gasteiger partial charge in [-0.25, -0.2) is 9.13 Å². The maximum absolute atomic E-state index is 13.1. The Labute approximate surface area is 664 Å². The second-order valence-corrected chi connectivity index (χ2v) is 29.1. The number of allylic oxidation sites excluding steroid dienone is 35. The van der Waals surface area contributed by atoms with E-state index in [9.17, 15) is 43.2 Å². The Morgan fingerprint density at radius 3 is 0.773 bits per heavy atom. The van der Waals surface area contributed by atoms with Crippen molar-refractivity contribution in [3.05, 3.63) is 219 Å². The Kier molecular flexibility index (Phi) is 75.6. The third-order valence-corrected chi connectivity index (χ3v) is 17.9. The van der Waals surface area contributed by atoms with Crippen molar-refractivity contribution in [2.45, 2.75) is 290 Å². The molecule has 3 N–H and O–H groups in total. The van der Waals surface area contributed by atoms with E-state index in [4.69, 9.17) is 37.0 Å². The Morgan fingerprint density at radius 1 is 0.264 bits per heavy atom. The molecule has 618 valence electrons. The number of aliphatic hydroxyl groups is 1. The van der Waals surface area contributed by atoms with Crippen LogP contribution in [-0.2, 0) is 65.4 Å². The smallest absolute Gasteiger partial charge is 0.462 e. The number of rotatable bonds is 74. The van der Waals surface area contributed by atoms with Crippen molar-refractivity contribution < 1.29 is 80.2 Å². The zero-order chi connectivity index (χ0) is 80.3. The van der Waals surface area contributed by atoms with Gasteiger partial charge in [0.05, 0.1) is 32.8 Å². The number of esters is 4. The van der Waals surface area contributed by atoms with Gasteiger partial charge in [-0.2, -0.15) is 0 Å². The summed E-state index contributed by atoms with van der Waals surface area (Å²) in [6, 6.07) is 0. The van der Waals surface area contributed by atoms with E-state index in [-0.39, 0.29) is 25.7 Å². The molecule has 5 atom stereocenters. The SMILES string of the molecule is CC/C=C\C/C=C\C/C=C\C/C=C\C/C=C\CCCCCC(=O)OCC(COP(=O)(O)OCC(O)COP(=O)(O)OCC(COC(=O)CCCCCCCC/C=C\C/C=C\C/C=C\C/C=C\CC)OC(=O)C/C=C\C/C=C\C/C=C\C/C=C\C/C=C\CC)OC(=O)CCCCCC/C=C\C/C=C\C/C=C\C/C=C\CC. The predicted octanol–water partition coefficient (Wildman–Crippen LogP) is 24.4. The fraction of sp³-hybridized carbons (Fsp3) is 0.560. The lowest BCUT2D eigenvalue weighted by Gasteiger charge is -2.21. The van der Waals surface area contributed by atoms with Crippen LogP contribution in [0.15, 0.2) is 219 Å². The highest BCUT2D eigenvalue weighted by molar-refractivity contribution is 7.47. The van der Waals surface area contributed by atoms with Crippen molar-refractivity contribution in [2.24, 2.45) is 0 Å². The van der Waals surface area contributed by atoms with E-state index >= 15 is 0 Å². The highest BCUT2D eigenvalue weighted by atomic mass is 31.2. The van der Waals surface area contributed by atoms with Crippen molar-refractivity contribution in [1.82, 2.24) is 0 Å². The normalized spacial score (nSPS) is 14.9. The first-order valence-electron chi connectivity index (χ1n) is 41.0. The van der Waals surface area contributed by atoms with E-state index in [0.717, 1.165) is 193 Å². The minimum absolute atomic E-state index is 0.0468. The topological polar surface area (TPSA) is 237 Å². The number of unbranched alkanes of at least 4 members (excludes halogenated alkanes) is 13. The zero-order valence-corrected chi connectivity index (χ0v) is 69.4. The second-order valence-electron chi connectivity index (χ2n) is 26.2. The molecule has 0 rings (SSSR count). The van der Waals surface area contributed by atoms with E-state index in [1.165, 1.54) is 0 Å². The molecule has 0 aromatic carbocycles. The summed E-state index contributed by atoms with van der Waals surface area (Å²) < 4.78 is 68.5. The fourth-order valence-electron chi connectivity index (χ4n) is 9.89. The molecule has 0 fully saturated rings. The summed E-state index contributed by atoms with van der Waals surface area (Å²) in [6.07, 6.45) is 102. The molecule has 0 spiro atoms. The Bertz CT molecular complexity index is 2950. The van der Waals surface area contributed by atoms with E-state index in [1.807, 2.05) is 12.2 Å². The first-order valence-corrected chi connectivity index (χ1v) is 44.0. The second kappa shape index (κ2) is 80.4. The van der Waals surface area contributed by atoms with E-state index in [1.54, 1.807) is 12.2 Å². The van der Waals surface area contributed by atoms with E-state index in [2.05, 4.69) is 222 Å². The summed E-state index contributed by atoms with van der Waals surface area (Å²) in [5.74, 6) is -2.43. The molecule has 0 aliphatic carbocycles. The molecule has 0 radical (unpaired) electrons. The summed E-state index contributed by atoms with van der Waals surface area (Å²) >= 11 is 0. The molecule has 0 amide bonds. The predicted molar refractivity (Wildman–Crippen MR) is 454 cm³/mol. The van der Waals surface area contributed by atoms with Crippen molar-refractivity contribution >= 4 is 39.5 Å². The van der Waals surface area contributed by atoms with Gasteiger partial charge in [0, 0.05) is 19.3 Å². The van der Waals surface area contributed by atoms with Gasteiger partial charge >= 0.3 is 39.5 Å². The van der Waals surface area contributed by atoms with Crippen LogP contribution in [0.3, 0.4) is 0 Å². The van der Waals surface area contributed by atoms with Crippen LogP contribution in [0, 0.1) is 0 Å². The average Bonchev–Trinajstić information content (AvgIpc) is 0.906. The number of hydrogen-bond donors (Lipinski definition) is 3. The molecule has 0 saturated carbocycles. The van der Waals surface area contributed by atoms with Crippen LogP contribution < -0.4 is 0 Å². The van der Waals surface area contributed by atoms with Crippen LogP contribution in [0.4, 0.5) is 0 Å². The highest BCUT2D eigenvalue weighted by Gasteiger charge is 2.30. The minimum atomic E-state index is -5.02. The number of carbonyl (C=O) groups is 4. The molecule has 0 aliphatic rings. The number of phosphoric ester groups is 2. The van der Waals surface area contributed by atoms with Gasteiger partial charge in [0.2, 0.25) is 0 Å². The molecule has 5 unspecified atom stereocenters. The number of hydrogen-bond acceptors (Lipinski definition) is 15. The third kappa shape index (κ3) is 79.5. The van der Waals surface area contributed by atoms with Crippen LogP contribution in [0.5, 0.6) is 0 Å².